The van der Waals surface area contributed by atoms with Crippen molar-refractivity contribution in [3.8, 4) is 0 Å². The zero-order valence-corrected chi connectivity index (χ0v) is 10.1. The van der Waals surface area contributed by atoms with Gasteiger partial charge in [-0.1, -0.05) is 30.3 Å². The van der Waals surface area contributed by atoms with E-state index in [1.165, 1.54) is 12.2 Å². The zero-order valence-electron chi connectivity index (χ0n) is 10.1. The van der Waals surface area contributed by atoms with E-state index in [-0.39, 0.29) is 24.8 Å². The minimum Gasteiger partial charge on any atom is -0.303 e. The van der Waals surface area contributed by atoms with Crippen LogP contribution in [0.25, 0.3) is 0 Å². The molecule has 0 saturated heterocycles. The Hall–Kier alpha value is -1.68. The summed E-state index contributed by atoms with van der Waals surface area (Å²) in [5.74, 6) is -0.145. The number of benzene rings is 1. The molecule has 4 heteroatoms. The Balaban J connectivity index is 2.64. The van der Waals surface area contributed by atoms with Gasteiger partial charge in [0.15, 0.2) is 0 Å². The van der Waals surface area contributed by atoms with Crippen LogP contribution < -0.4 is 0 Å². The van der Waals surface area contributed by atoms with Crippen LogP contribution in [0.1, 0.15) is 18.9 Å². The highest BCUT2D eigenvalue weighted by atomic mass is 16.7. The maximum atomic E-state index is 11.9. The number of aldehydes is 1. The molecule has 0 aliphatic heterocycles. The Kier molecular flexibility index (Phi) is 5.36. The Morgan fingerprint density at radius 3 is 2.59 bits per heavy atom. The van der Waals surface area contributed by atoms with E-state index in [4.69, 9.17) is 4.84 Å². The van der Waals surface area contributed by atoms with E-state index < -0.39 is 0 Å². The summed E-state index contributed by atoms with van der Waals surface area (Å²) in [6.07, 6.45) is 1.33. The van der Waals surface area contributed by atoms with Crippen LogP contribution in [-0.4, -0.2) is 30.4 Å². The second-order valence-corrected chi connectivity index (χ2v) is 3.82. The quantitative estimate of drug-likeness (QED) is 0.555. The lowest BCUT2D eigenvalue weighted by Gasteiger charge is -2.25. The van der Waals surface area contributed by atoms with Crippen LogP contribution >= 0.6 is 0 Å². The van der Waals surface area contributed by atoms with Crippen molar-refractivity contribution in [2.45, 2.75) is 25.8 Å². The van der Waals surface area contributed by atoms with E-state index >= 15 is 0 Å². The molecule has 0 aliphatic rings. The van der Waals surface area contributed by atoms with E-state index in [0.717, 1.165) is 11.8 Å². The van der Waals surface area contributed by atoms with Crippen molar-refractivity contribution in [2.75, 3.05) is 7.11 Å². The van der Waals surface area contributed by atoms with Crippen molar-refractivity contribution in [3.05, 3.63) is 35.9 Å². The molecule has 0 aliphatic carbocycles. The average molecular weight is 235 g/mol. The minimum atomic E-state index is -0.242. The number of hydrogen-bond acceptors (Lipinski definition) is 3. The van der Waals surface area contributed by atoms with Gasteiger partial charge in [-0.3, -0.25) is 9.63 Å². The molecule has 1 unspecified atom stereocenters. The van der Waals surface area contributed by atoms with E-state index in [1.807, 2.05) is 30.3 Å². The molecule has 1 atom stereocenters. The number of nitrogens with zero attached hydrogens (tertiary/aromatic N) is 1. The molecule has 1 aromatic carbocycles. The third kappa shape index (κ3) is 4.00. The van der Waals surface area contributed by atoms with Gasteiger partial charge in [-0.05, 0) is 12.5 Å². The number of hydroxylamine groups is 2. The molecule has 17 heavy (non-hydrogen) atoms. The Morgan fingerprint density at radius 2 is 2.06 bits per heavy atom. The Labute approximate surface area is 101 Å². The lowest BCUT2D eigenvalue weighted by atomic mass is 10.1. The number of carbonyl (C=O) groups excluding carboxylic acids is 2. The van der Waals surface area contributed by atoms with Gasteiger partial charge in [0.05, 0.1) is 19.6 Å². The molecule has 0 saturated carbocycles. The predicted octanol–water partition coefficient (Wildman–Crippen LogP) is 1.60. The SMILES string of the molecule is CON(C(=O)Cc1ccccc1)C(C)CC=O. The van der Waals surface area contributed by atoms with Gasteiger partial charge in [0, 0.05) is 6.42 Å². The molecule has 0 radical (unpaired) electrons. The monoisotopic (exact) mass is 235 g/mol. The molecular formula is C13H17NO3. The van der Waals surface area contributed by atoms with E-state index in [0.29, 0.717) is 0 Å². The van der Waals surface area contributed by atoms with Gasteiger partial charge in [0.2, 0.25) is 0 Å². The van der Waals surface area contributed by atoms with Gasteiger partial charge in [-0.2, -0.15) is 0 Å². The fourth-order valence-corrected chi connectivity index (χ4v) is 1.61. The highest BCUT2D eigenvalue weighted by molar-refractivity contribution is 5.78. The summed E-state index contributed by atoms with van der Waals surface area (Å²) in [7, 11) is 1.43. The minimum absolute atomic E-state index is 0.145. The highest BCUT2D eigenvalue weighted by Crippen LogP contribution is 2.08. The summed E-state index contributed by atoms with van der Waals surface area (Å²) in [5, 5.41) is 1.25. The molecule has 0 aromatic heterocycles. The Morgan fingerprint density at radius 1 is 1.41 bits per heavy atom. The van der Waals surface area contributed by atoms with Crippen molar-refractivity contribution in [1.82, 2.24) is 5.06 Å². The third-order valence-corrected chi connectivity index (χ3v) is 2.48. The second-order valence-electron chi connectivity index (χ2n) is 3.82. The molecule has 1 rings (SSSR count). The summed E-state index contributed by atoms with van der Waals surface area (Å²) in [4.78, 5) is 27.4. The zero-order chi connectivity index (χ0) is 12.7. The van der Waals surface area contributed by atoms with Gasteiger partial charge in [-0.25, -0.2) is 5.06 Å². The largest absolute Gasteiger partial charge is 0.303 e. The maximum Gasteiger partial charge on any atom is 0.250 e. The van der Waals surface area contributed by atoms with Crippen molar-refractivity contribution in [1.29, 1.82) is 0 Å². The highest BCUT2D eigenvalue weighted by Gasteiger charge is 2.19. The van der Waals surface area contributed by atoms with Gasteiger partial charge in [0.25, 0.3) is 5.91 Å². The van der Waals surface area contributed by atoms with Crippen LogP contribution in [-0.2, 0) is 20.8 Å². The number of amides is 1. The van der Waals surface area contributed by atoms with Crippen LogP contribution in [0.4, 0.5) is 0 Å². The Bertz CT molecular complexity index is 364. The first-order valence-corrected chi connectivity index (χ1v) is 5.52. The van der Waals surface area contributed by atoms with Crippen LogP contribution in [0.2, 0.25) is 0 Å². The first kappa shape index (κ1) is 13.4. The van der Waals surface area contributed by atoms with Crippen LogP contribution in [0.5, 0.6) is 0 Å². The van der Waals surface area contributed by atoms with Crippen LogP contribution in [0.15, 0.2) is 30.3 Å². The topological polar surface area (TPSA) is 46.6 Å². The summed E-state index contributed by atoms with van der Waals surface area (Å²) in [6.45, 7) is 1.78. The molecule has 92 valence electrons. The number of carbonyl (C=O) groups is 2. The van der Waals surface area contributed by atoms with E-state index in [9.17, 15) is 9.59 Å². The average Bonchev–Trinajstić information content (AvgIpc) is 2.31. The van der Waals surface area contributed by atoms with Crippen molar-refractivity contribution >= 4 is 12.2 Å². The first-order valence-electron chi connectivity index (χ1n) is 5.52. The summed E-state index contributed by atoms with van der Waals surface area (Å²) in [6, 6.07) is 9.20. The van der Waals surface area contributed by atoms with Gasteiger partial charge >= 0.3 is 0 Å². The van der Waals surface area contributed by atoms with Crippen molar-refractivity contribution in [2.24, 2.45) is 0 Å². The molecule has 0 bridgehead atoms. The lowest BCUT2D eigenvalue weighted by Crippen LogP contribution is -2.38. The van der Waals surface area contributed by atoms with Gasteiger partial charge < -0.3 is 4.79 Å². The van der Waals surface area contributed by atoms with Gasteiger partial charge in [0.1, 0.15) is 6.29 Å². The van der Waals surface area contributed by atoms with Crippen LogP contribution in [0, 0.1) is 0 Å². The molecule has 0 N–H and O–H groups in total. The van der Waals surface area contributed by atoms with Crippen LogP contribution in [0.3, 0.4) is 0 Å². The molecule has 1 aromatic rings. The maximum absolute atomic E-state index is 11.9. The molecule has 0 spiro atoms. The van der Waals surface area contributed by atoms with Crippen molar-refractivity contribution < 1.29 is 14.4 Å². The molecule has 0 heterocycles. The predicted molar refractivity (Wildman–Crippen MR) is 64.1 cm³/mol. The third-order valence-electron chi connectivity index (χ3n) is 2.48. The lowest BCUT2D eigenvalue weighted by molar-refractivity contribution is -0.186. The van der Waals surface area contributed by atoms with Gasteiger partial charge in [-0.15, -0.1) is 0 Å². The number of rotatable bonds is 6. The molecule has 4 nitrogen and oxygen atoms in total. The smallest absolute Gasteiger partial charge is 0.250 e. The standard InChI is InChI=1S/C13H17NO3/c1-11(8-9-15)14(17-2)13(16)10-12-6-4-3-5-7-12/h3-7,9,11H,8,10H2,1-2H3. The summed E-state index contributed by atoms with van der Waals surface area (Å²) < 4.78 is 0. The summed E-state index contributed by atoms with van der Waals surface area (Å²) in [5.41, 5.74) is 0.929. The van der Waals surface area contributed by atoms with E-state index in [2.05, 4.69) is 0 Å². The second kappa shape index (κ2) is 6.81. The van der Waals surface area contributed by atoms with E-state index in [1.54, 1.807) is 6.92 Å². The first-order chi connectivity index (χ1) is 8.19. The normalized spacial score (nSPS) is 11.9. The number of hydrogen-bond donors (Lipinski definition) is 0. The molecular weight excluding hydrogens is 218 g/mol. The van der Waals surface area contributed by atoms with Crippen molar-refractivity contribution in [3.63, 3.8) is 0 Å². The summed E-state index contributed by atoms with van der Waals surface area (Å²) >= 11 is 0. The fraction of sp³-hybridized carbons (Fsp3) is 0.385. The fourth-order valence-electron chi connectivity index (χ4n) is 1.61. The molecule has 1 amide bonds. The molecule has 0 fully saturated rings.